The Bertz CT molecular complexity index is 341. The van der Waals surface area contributed by atoms with E-state index in [0.29, 0.717) is 11.3 Å². The highest BCUT2D eigenvalue weighted by Crippen LogP contribution is 2.12. The van der Waals surface area contributed by atoms with E-state index in [1.165, 1.54) is 6.07 Å². The Hall–Kier alpha value is -1.59. The van der Waals surface area contributed by atoms with Gasteiger partial charge in [0.25, 0.3) is 0 Å². The van der Waals surface area contributed by atoms with E-state index in [2.05, 4.69) is 0 Å². The molecule has 5 nitrogen and oxygen atoms in total. The predicted molar refractivity (Wildman–Crippen MR) is 55.5 cm³/mol. The second-order valence-electron chi connectivity index (χ2n) is 3.09. The Morgan fingerprint density at radius 1 is 1.53 bits per heavy atom. The first kappa shape index (κ1) is 11.5. The second kappa shape index (κ2) is 5.33. The largest absolute Gasteiger partial charge is 0.491 e. The molecule has 82 valence electrons. The number of aliphatic hydroxyl groups is 1. The number of benzene rings is 1. The molecule has 0 bridgehead atoms. The van der Waals surface area contributed by atoms with Gasteiger partial charge in [-0.2, -0.15) is 0 Å². The molecule has 0 saturated carbocycles. The Kier molecular flexibility index (Phi) is 4.08. The molecule has 15 heavy (non-hydrogen) atoms. The number of aliphatic hydroxyl groups excluding tert-OH is 1. The Labute approximate surface area is 87.6 Å². The van der Waals surface area contributed by atoms with Crippen molar-refractivity contribution in [3.05, 3.63) is 29.8 Å². The predicted octanol–water partition coefficient (Wildman–Crippen LogP) is -0.516. The number of amides is 1. The maximum atomic E-state index is 10.8. The molecule has 1 atom stereocenters. The molecule has 0 saturated heterocycles. The Balaban J connectivity index is 2.62. The van der Waals surface area contributed by atoms with Crippen molar-refractivity contribution in [2.24, 2.45) is 11.5 Å². The van der Waals surface area contributed by atoms with Crippen LogP contribution >= 0.6 is 0 Å². The summed E-state index contributed by atoms with van der Waals surface area (Å²) in [5, 5.41) is 9.16. The van der Waals surface area contributed by atoms with Crippen molar-refractivity contribution in [2.75, 3.05) is 13.2 Å². The van der Waals surface area contributed by atoms with Crippen LogP contribution in [-0.2, 0) is 0 Å². The van der Waals surface area contributed by atoms with E-state index >= 15 is 0 Å². The van der Waals surface area contributed by atoms with E-state index in [1.807, 2.05) is 0 Å². The molecule has 0 aliphatic rings. The van der Waals surface area contributed by atoms with Crippen molar-refractivity contribution >= 4 is 5.91 Å². The van der Waals surface area contributed by atoms with Crippen LogP contribution in [0.15, 0.2) is 24.3 Å². The maximum absolute atomic E-state index is 10.8. The zero-order valence-corrected chi connectivity index (χ0v) is 8.22. The first-order valence-electron chi connectivity index (χ1n) is 4.54. The molecular weight excluding hydrogens is 196 g/mol. The summed E-state index contributed by atoms with van der Waals surface area (Å²) >= 11 is 0. The van der Waals surface area contributed by atoms with E-state index in [4.69, 9.17) is 21.3 Å². The van der Waals surface area contributed by atoms with Crippen LogP contribution < -0.4 is 16.2 Å². The van der Waals surface area contributed by atoms with Gasteiger partial charge in [0.05, 0.1) is 0 Å². The number of rotatable bonds is 5. The summed E-state index contributed by atoms with van der Waals surface area (Å²) in [5.41, 5.74) is 10.7. The van der Waals surface area contributed by atoms with Crippen LogP contribution in [0.3, 0.4) is 0 Å². The van der Waals surface area contributed by atoms with Gasteiger partial charge in [-0.25, -0.2) is 0 Å². The maximum Gasteiger partial charge on any atom is 0.248 e. The van der Waals surface area contributed by atoms with E-state index in [0.717, 1.165) is 0 Å². The average molecular weight is 210 g/mol. The van der Waals surface area contributed by atoms with Gasteiger partial charge in [0.1, 0.15) is 18.5 Å². The van der Waals surface area contributed by atoms with Crippen LogP contribution in [0.5, 0.6) is 5.75 Å². The minimum atomic E-state index is -0.706. The van der Waals surface area contributed by atoms with Gasteiger partial charge in [0.2, 0.25) is 5.91 Å². The fraction of sp³-hybridized carbons (Fsp3) is 0.300. The zero-order valence-electron chi connectivity index (χ0n) is 8.22. The molecule has 5 N–H and O–H groups in total. The van der Waals surface area contributed by atoms with E-state index in [1.54, 1.807) is 18.2 Å². The highest BCUT2D eigenvalue weighted by atomic mass is 16.5. The van der Waals surface area contributed by atoms with Gasteiger partial charge in [-0.1, -0.05) is 6.07 Å². The molecule has 0 heterocycles. The smallest absolute Gasteiger partial charge is 0.248 e. The summed E-state index contributed by atoms with van der Waals surface area (Å²) in [6.45, 7) is 0.230. The van der Waals surface area contributed by atoms with Gasteiger partial charge in [0, 0.05) is 12.1 Å². The molecule has 0 radical (unpaired) electrons. The third kappa shape index (κ3) is 3.57. The molecule has 1 unspecified atom stereocenters. The fourth-order valence-electron chi connectivity index (χ4n) is 1.000. The summed E-state index contributed by atoms with van der Waals surface area (Å²) in [5.74, 6) is -0.0291. The monoisotopic (exact) mass is 210 g/mol. The number of hydrogen-bond donors (Lipinski definition) is 3. The SMILES string of the molecule is NCC(O)COc1cccc(C(N)=O)c1. The number of nitrogens with two attached hydrogens (primary N) is 2. The highest BCUT2D eigenvalue weighted by Gasteiger charge is 2.04. The van der Waals surface area contributed by atoms with Crippen LogP contribution in [0.1, 0.15) is 10.4 Å². The average Bonchev–Trinajstić information content (AvgIpc) is 2.26. The van der Waals surface area contributed by atoms with Gasteiger partial charge in [-0.05, 0) is 18.2 Å². The summed E-state index contributed by atoms with van der Waals surface area (Å²) in [7, 11) is 0. The van der Waals surface area contributed by atoms with Crippen molar-refractivity contribution in [1.29, 1.82) is 0 Å². The number of carbonyl (C=O) groups is 1. The molecule has 5 heteroatoms. The molecule has 0 aliphatic carbocycles. The Morgan fingerprint density at radius 3 is 2.87 bits per heavy atom. The minimum absolute atomic E-state index is 0.0959. The van der Waals surface area contributed by atoms with Crippen LogP contribution in [0, 0.1) is 0 Å². The van der Waals surface area contributed by atoms with Gasteiger partial charge in [0.15, 0.2) is 0 Å². The lowest BCUT2D eigenvalue weighted by Gasteiger charge is -2.10. The summed E-state index contributed by atoms with van der Waals surface area (Å²) in [6, 6.07) is 6.44. The second-order valence-corrected chi connectivity index (χ2v) is 3.09. The molecule has 0 aromatic heterocycles. The van der Waals surface area contributed by atoms with Crippen molar-refractivity contribution < 1.29 is 14.6 Å². The zero-order chi connectivity index (χ0) is 11.3. The standard InChI is InChI=1S/C10H14N2O3/c11-5-8(13)6-15-9-3-1-2-7(4-9)10(12)14/h1-4,8,13H,5-6,11H2,(H2,12,14). The van der Waals surface area contributed by atoms with Gasteiger partial charge < -0.3 is 21.3 Å². The van der Waals surface area contributed by atoms with Crippen molar-refractivity contribution in [2.45, 2.75) is 6.10 Å². The topological polar surface area (TPSA) is 98.6 Å². The van der Waals surface area contributed by atoms with Crippen LogP contribution in [0.2, 0.25) is 0 Å². The van der Waals surface area contributed by atoms with Crippen molar-refractivity contribution in [3.63, 3.8) is 0 Å². The summed E-state index contributed by atoms with van der Waals surface area (Å²) in [6.07, 6.45) is -0.706. The van der Waals surface area contributed by atoms with Gasteiger partial charge in [-0.3, -0.25) is 4.79 Å². The quantitative estimate of drug-likeness (QED) is 0.609. The number of primary amides is 1. The molecule has 1 amide bonds. The van der Waals surface area contributed by atoms with E-state index in [-0.39, 0.29) is 13.2 Å². The Morgan fingerprint density at radius 2 is 2.27 bits per heavy atom. The molecule has 1 aromatic rings. The summed E-state index contributed by atoms with van der Waals surface area (Å²) < 4.78 is 5.21. The van der Waals surface area contributed by atoms with Gasteiger partial charge in [-0.15, -0.1) is 0 Å². The van der Waals surface area contributed by atoms with E-state index < -0.39 is 12.0 Å². The fourth-order valence-corrected chi connectivity index (χ4v) is 1.000. The molecule has 0 aliphatic heterocycles. The third-order valence-electron chi connectivity index (χ3n) is 1.83. The minimum Gasteiger partial charge on any atom is -0.491 e. The summed E-state index contributed by atoms with van der Waals surface area (Å²) in [4.78, 5) is 10.8. The molecule has 1 rings (SSSR count). The van der Waals surface area contributed by atoms with Crippen molar-refractivity contribution in [3.8, 4) is 5.75 Å². The molecular formula is C10H14N2O3. The van der Waals surface area contributed by atoms with Crippen LogP contribution in [-0.4, -0.2) is 30.3 Å². The highest BCUT2D eigenvalue weighted by molar-refractivity contribution is 5.93. The molecule has 1 aromatic carbocycles. The number of carbonyl (C=O) groups excluding carboxylic acids is 1. The molecule has 0 fully saturated rings. The van der Waals surface area contributed by atoms with Crippen molar-refractivity contribution in [1.82, 2.24) is 0 Å². The first-order chi connectivity index (χ1) is 7.13. The van der Waals surface area contributed by atoms with Crippen LogP contribution in [0.4, 0.5) is 0 Å². The molecule has 0 spiro atoms. The van der Waals surface area contributed by atoms with Crippen LogP contribution in [0.25, 0.3) is 0 Å². The lowest BCUT2D eigenvalue weighted by molar-refractivity contribution is 0.0998. The van der Waals surface area contributed by atoms with Gasteiger partial charge >= 0.3 is 0 Å². The number of ether oxygens (including phenoxy) is 1. The normalized spacial score (nSPS) is 12.1. The number of hydrogen-bond acceptors (Lipinski definition) is 4. The lowest BCUT2D eigenvalue weighted by Crippen LogP contribution is -2.26. The van der Waals surface area contributed by atoms with E-state index in [9.17, 15) is 4.79 Å². The first-order valence-corrected chi connectivity index (χ1v) is 4.54. The lowest BCUT2D eigenvalue weighted by atomic mass is 10.2. The third-order valence-corrected chi connectivity index (χ3v) is 1.83.